The second-order valence-electron chi connectivity index (χ2n) is 4.84. The maximum absolute atomic E-state index is 5.62. The predicted molar refractivity (Wildman–Crippen MR) is 73.8 cm³/mol. The predicted octanol–water partition coefficient (Wildman–Crippen LogP) is 2.69. The summed E-state index contributed by atoms with van der Waals surface area (Å²) in [7, 11) is 2.06. The van der Waals surface area contributed by atoms with Crippen LogP contribution in [0.3, 0.4) is 0 Å². The Balaban J connectivity index is 1.66. The Bertz CT molecular complexity index is 424. The van der Waals surface area contributed by atoms with Gasteiger partial charge >= 0.3 is 0 Å². The van der Waals surface area contributed by atoms with Gasteiger partial charge < -0.3 is 14.8 Å². The van der Waals surface area contributed by atoms with E-state index in [1.54, 1.807) is 0 Å². The first-order chi connectivity index (χ1) is 8.85. The molecule has 1 heterocycles. The molecule has 2 atom stereocenters. The van der Waals surface area contributed by atoms with Crippen LogP contribution in [0, 0.1) is 0 Å². The molecule has 2 unspecified atom stereocenters. The van der Waals surface area contributed by atoms with E-state index < -0.39 is 0 Å². The third kappa shape index (κ3) is 2.59. The molecule has 0 bridgehead atoms. The fourth-order valence-electron chi connectivity index (χ4n) is 2.60. The zero-order valence-corrected chi connectivity index (χ0v) is 11.5. The summed E-state index contributed by atoms with van der Waals surface area (Å²) in [5.41, 5.74) is 0. The standard InChI is InChI=1S/C14H19NO2S/c1-15-10-2-3-11(8-10)18-12-4-5-13-14(9-12)17-7-6-16-13/h4-5,9-11,15H,2-3,6-8H2,1H3. The average Bonchev–Trinajstić information content (AvgIpc) is 2.86. The van der Waals surface area contributed by atoms with Gasteiger partial charge in [-0.3, -0.25) is 0 Å². The minimum absolute atomic E-state index is 0.659. The SMILES string of the molecule is CNC1CCC(Sc2ccc3c(c2)OCCO3)C1. The molecule has 0 saturated heterocycles. The molecule has 2 aliphatic rings. The zero-order valence-electron chi connectivity index (χ0n) is 10.6. The van der Waals surface area contributed by atoms with Crippen molar-refractivity contribution in [3.05, 3.63) is 18.2 Å². The van der Waals surface area contributed by atoms with Gasteiger partial charge in [-0.1, -0.05) is 0 Å². The van der Waals surface area contributed by atoms with Gasteiger partial charge in [0.25, 0.3) is 0 Å². The number of hydrogen-bond acceptors (Lipinski definition) is 4. The third-order valence-corrected chi connectivity index (χ3v) is 4.90. The van der Waals surface area contributed by atoms with Crippen molar-refractivity contribution in [2.24, 2.45) is 0 Å². The number of benzene rings is 1. The van der Waals surface area contributed by atoms with E-state index in [4.69, 9.17) is 9.47 Å². The molecule has 1 aliphatic carbocycles. The first-order valence-electron chi connectivity index (χ1n) is 6.59. The zero-order chi connectivity index (χ0) is 12.4. The Morgan fingerprint density at radius 1 is 1.17 bits per heavy atom. The smallest absolute Gasteiger partial charge is 0.162 e. The quantitative estimate of drug-likeness (QED) is 0.910. The fraction of sp³-hybridized carbons (Fsp3) is 0.571. The second-order valence-corrected chi connectivity index (χ2v) is 6.22. The highest BCUT2D eigenvalue weighted by atomic mass is 32.2. The highest BCUT2D eigenvalue weighted by Crippen LogP contribution is 2.39. The molecule has 0 amide bonds. The molecular formula is C14H19NO2S. The normalized spacial score (nSPS) is 26.3. The Hall–Kier alpha value is -0.870. The second kappa shape index (κ2) is 5.41. The van der Waals surface area contributed by atoms with Crippen LogP contribution in [0.15, 0.2) is 23.1 Å². The Morgan fingerprint density at radius 2 is 2.00 bits per heavy atom. The van der Waals surface area contributed by atoms with Crippen molar-refractivity contribution < 1.29 is 9.47 Å². The van der Waals surface area contributed by atoms with E-state index in [1.807, 2.05) is 17.8 Å². The van der Waals surface area contributed by atoms with Crippen LogP contribution in [-0.2, 0) is 0 Å². The molecule has 1 aliphatic heterocycles. The minimum atomic E-state index is 0.659. The fourth-order valence-corrected chi connectivity index (χ4v) is 3.89. The van der Waals surface area contributed by atoms with E-state index in [-0.39, 0.29) is 0 Å². The molecule has 3 nitrogen and oxygen atoms in total. The molecule has 1 N–H and O–H groups in total. The van der Waals surface area contributed by atoms with Crippen molar-refractivity contribution in [2.75, 3.05) is 20.3 Å². The summed E-state index contributed by atoms with van der Waals surface area (Å²) in [6.07, 6.45) is 3.85. The van der Waals surface area contributed by atoms with E-state index in [9.17, 15) is 0 Å². The van der Waals surface area contributed by atoms with Crippen LogP contribution in [0.1, 0.15) is 19.3 Å². The molecule has 1 aromatic rings. The lowest BCUT2D eigenvalue weighted by molar-refractivity contribution is 0.171. The number of ether oxygens (including phenoxy) is 2. The largest absolute Gasteiger partial charge is 0.486 e. The Morgan fingerprint density at radius 3 is 2.78 bits per heavy atom. The molecule has 0 radical (unpaired) electrons. The molecular weight excluding hydrogens is 246 g/mol. The van der Waals surface area contributed by atoms with Crippen LogP contribution in [0.5, 0.6) is 11.5 Å². The van der Waals surface area contributed by atoms with Gasteiger partial charge in [0.2, 0.25) is 0 Å². The average molecular weight is 265 g/mol. The van der Waals surface area contributed by atoms with Gasteiger partial charge in [0.1, 0.15) is 13.2 Å². The topological polar surface area (TPSA) is 30.5 Å². The van der Waals surface area contributed by atoms with E-state index >= 15 is 0 Å². The highest BCUT2D eigenvalue weighted by molar-refractivity contribution is 8.00. The minimum Gasteiger partial charge on any atom is -0.486 e. The lowest BCUT2D eigenvalue weighted by Crippen LogP contribution is -2.21. The van der Waals surface area contributed by atoms with Crippen molar-refractivity contribution in [3.8, 4) is 11.5 Å². The summed E-state index contributed by atoms with van der Waals surface area (Å²) >= 11 is 1.97. The molecule has 0 aromatic heterocycles. The summed E-state index contributed by atoms with van der Waals surface area (Å²) in [6, 6.07) is 6.98. The van der Waals surface area contributed by atoms with Crippen molar-refractivity contribution >= 4 is 11.8 Å². The van der Waals surface area contributed by atoms with Gasteiger partial charge in [0.15, 0.2) is 11.5 Å². The molecule has 3 rings (SSSR count). The van der Waals surface area contributed by atoms with Crippen molar-refractivity contribution in [1.82, 2.24) is 5.32 Å². The van der Waals surface area contributed by atoms with Crippen LogP contribution >= 0.6 is 11.8 Å². The number of nitrogens with one attached hydrogen (secondary N) is 1. The van der Waals surface area contributed by atoms with Crippen LogP contribution < -0.4 is 14.8 Å². The molecule has 1 fully saturated rings. The molecule has 1 aromatic carbocycles. The molecule has 98 valence electrons. The lowest BCUT2D eigenvalue weighted by atomic mass is 10.3. The molecule has 1 saturated carbocycles. The van der Waals surface area contributed by atoms with Crippen LogP contribution in [-0.4, -0.2) is 31.6 Å². The van der Waals surface area contributed by atoms with E-state index in [1.165, 1.54) is 24.2 Å². The van der Waals surface area contributed by atoms with E-state index in [0.717, 1.165) is 16.7 Å². The van der Waals surface area contributed by atoms with Gasteiger partial charge in [-0.05, 0) is 44.5 Å². The maximum atomic E-state index is 5.62. The van der Waals surface area contributed by atoms with Gasteiger partial charge in [-0.25, -0.2) is 0 Å². The summed E-state index contributed by atoms with van der Waals surface area (Å²) < 4.78 is 11.2. The van der Waals surface area contributed by atoms with E-state index in [0.29, 0.717) is 19.3 Å². The third-order valence-electron chi connectivity index (χ3n) is 3.61. The van der Waals surface area contributed by atoms with Crippen molar-refractivity contribution in [3.63, 3.8) is 0 Å². The summed E-state index contributed by atoms with van der Waals surface area (Å²) in [5, 5.41) is 4.10. The first kappa shape index (κ1) is 12.2. The molecule has 0 spiro atoms. The monoisotopic (exact) mass is 265 g/mol. The number of thioether (sulfide) groups is 1. The number of rotatable bonds is 3. The Kier molecular flexibility index (Phi) is 3.66. The summed E-state index contributed by atoms with van der Waals surface area (Å²) in [6.45, 7) is 1.32. The van der Waals surface area contributed by atoms with E-state index in [2.05, 4.69) is 24.5 Å². The molecule has 4 heteroatoms. The first-order valence-corrected chi connectivity index (χ1v) is 7.46. The maximum Gasteiger partial charge on any atom is 0.162 e. The van der Waals surface area contributed by atoms with Crippen LogP contribution in [0.25, 0.3) is 0 Å². The molecule has 18 heavy (non-hydrogen) atoms. The lowest BCUT2D eigenvalue weighted by Gasteiger charge is -2.19. The van der Waals surface area contributed by atoms with Gasteiger partial charge in [0.05, 0.1) is 0 Å². The summed E-state index contributed by atoms with van der Waals surface area (Å²) in [4.78, 5) is 1.29. The van der Waals surface area contributed by atoms with Crippen molar-refractivity contribution in [2.45, 2.75) is 35.4 Å². The Labute approximate surface area is 112 Å². The number of hydrogen-bond donors (Lipinski definition) is 1. The van der Waals surface area contributed by atoms with Gasteiger partial charge in [-0.15, -0.1) is 11.8 Å². The van der Waals surface area contributed by atoms with Gasteiger partial charge in [-0.2, -0.15) is 0 Å². The highest BCUT2D eigenvalue weighted by Gasteiger charge is 2.24. The summed E-state index contributed by atoms with van der Waals surface area (Å²) in [5.74, 6) is 1.78. The van der Waals surface area contributed by atoms with Gasteiger partial charge in [0, 0.05) is 16.2 Å². The van der Waals surface area contributed by atoms with Crippen molar-refractivity contribution in [1.29, 1.82) is 0 Å². The van der Waals surface area contributed by atoms with Crippen LogP contribution in [0.2, 0.25) is 0 Å². The number of fused-ring (bicyclic) bond motifs is 1. The van der Waals surface area contributed by atoms with Crippen LogP contribution in [0.4, 0.5) is 0 Å².